The summed E-state index contributed by atoms with van der Waals surface area (Å²) in [5.74, 6) is 0.383. The summed E-state index contributed by atoms with van der Waals surface area (Å²) >= 11 is 0. The van der Waals surface area contributed by atoms with Crippen LogP contribution >= 0.6 is 0 Å². The molecule has 7 nitrogen and oxygen atoms in total. The fourth-order valence-electron chi connectivity index (χ4n) is 3.68. The van der Waals surface area contributed by atoms with Gasteiger partial charge in [0.1, 0.15) is 23.9 Å². The minimum Gasteiger partial charge on any atom is -0.494 e. The molecular formula is C28H33FN2O5S. The number of rotatable bonds is 13. The van der Waals surface area contributed by atoms with E-state index in [1.807, 2.05) is 45.0 Å². The van der Waals surface area contributed by atoms with Gasteiger partial charge in [0.05, 0.1) is 23.3 Å². The highest BCUT2D eigenvalue weighted by Crippen LogP contribution is 2.26. The first-order valence-corrected chi connectivity index (χ1v) is 13.7. The highest BCUT2D eigenvalue weighted by molar-refractivity contribution is 7.92. The summed E-state index contributed by atoms with van der Waals surface area (Å²) in [5, 5.41) is 2.80. The molecule has 0 aliphatic heterocycles. The lowest BCUT2D eigenvalue weighted by atomic mass is 10.1. The van der Waals surface area contributed by atoms with E-state index in [0.717, 1.165) is 34.2 Å². The van der Waals surface area contributed by atoms with Gasteiger partial charge >= 0.3 is 0 Å². The van der Waals surface area contributed by atoms with E-state index >= 15 is 0 Å². The number of nitrogens with one attached hydrogen (secondary N) is 1. The number of benzene rings is 3. The fourth-order valence-corrected chi connectivity index (χ4v) is 5.10. The maximum absolute atomic E-state index is 13.4. The van der Waals surface area contributed by atoms with Crippen molar-refractivity contribution in [2.75, 3.05) is 24.0 Å². The van der Waals surface area contributed by atoms with Crippen molar-refractivity contribution in [3.63, 3.8) is 0 Å². The number of aryl methyl sites for hydroxylation is 1. The molecule has 0 atom stereocenters. The third kappa shape index (κ3) is 8.21. The largest absolute Gasteiger partial charge is 0.494 e. The monoisotopic (exact) mass is 528 g/mol. The number of nitrogens with zero attached hydrogens (tertiary/aromatic N) is 1. The number of carbonyl (C=O) groups is 1. The zero-order chi connectivity index (χ0) is 26.8. The summed E-state index contributed by atoms with van der Waals surface area (Å²) in [6.07, 6.45) is 1.48. The van der Waals surface area contributed by atoms with Gasteiger partial charge < -0.3 is 14.8 Å². The first-order valence-electron chi connectivity index (χ1n) is 12.2. The number of halogens is 1. The van der Waals surface area contributed by atoms with Crippen LogP contribution in [0, 0.1) is 5.82 Å². The quantitative estimate of drug-likeness (QED) is 0.317. The lowest BCUT2D eigenvalue weighted by molar-refractivity contribution is -0.119. The second-order valence-corrected chi connectivity index (χ2v) is 10.5. The topological polar surface area (TPSA) is 84.9 Å². The average molecular weight is 529 g/mol. The molecule has 1 amide bonds. The van der Waals surface area contributed by atoms with E-state index in [0.29, 0.717) is 31.0 Å². The van der Waals surface area contributed by atoms with Crippen molar-refractivity contribution >= 4 is 21.6 Å². The van der Waals surface area contributed by atoms with Crippen LogP contribution in [0.3, 0.4) is 0 Å². The van der Waals surface area contributed by atoms with Crippen LogP contribution in [-0.2, 0) is 21.2 Å². The number of ether oxygens (including phenoxy) is 2. The highest BCUT2D eigenvalue weighted by atomic mass is 32.2. The molecule has 0 unspecified atom stereocenters. The van der Waals surface area contributed by atoms with E-state index in [1.54, 1.807) is 24.3 Å². The number of carbonyl (C=O) groups excluding carboxylic acids is 1. The van der Waals surface area contributed by atoms with E-state index < -0.39 is 28.3 Å². The minimum atomic E-state index is -4.13. The van der Waals surface area contributed by atoms with Gasteiger partial charge in [-0.25, -0.2) is 12.8 Å². The Labute approximate surface area is 218 Å². The van der Waals surface area contributed by atoms with Crippen molar-refractivity contribution < 1.29 is 27.1 Å². The zero-order valence-corrected chi connectivity index (χ0v) is 22.1. The van der Waals surface area contributed by atoms with Crippen molar-refractivity contribution in [2.45, 2.75) is 44.6 Å². The van der Waals surface area contributed by atoms with E-state index in [-0.39, 0.29) is 11.0 Å². The predicted octanol–water partition coefficient (Wildman–Crippen LogP) is 4.96. The smallest absolute Gasteiger partial charge is 0.264 e. The van der Waals surface area contributed by atoms with Crippen molar-refractivity contribution in [3.05, 3.63) is 84.2 Å². The van der Waals surface area contributed by atoms with Crippen LogP contribution in [0.5, 0.6) is 11.5 Å². The molecule has 0 saturated heterocycles. The molecule has 0 heterocycles. The molecule has 0 aliphatic rings. The Bertz CT molecular complexity index is 1260. The van der Waals surface area contributed by atoms with Crippen LogP contribution in [0.25, 0.3) is 0 Å². The molecule has 3 rings (SSSR count). The molecule has 0 radical (unpaired) electrons. The van der Waals surface area contributed by atoms with Gasteiger partial charge in [-0.3, -0.25) is 9.10 Å². The molecule has 0 bridgehead atoms. The Kier molecular flexibility index (Phi) is 9.91. The van der Waals surface area contributed by atoms with Gasteiger partial charge in [0.2, 0.25) is 5.91 Å². The summed E-state index contributed by atoms with van der Waals surface area (Å²) < 4.78 is 52.4. The molecule has 198 valence electrons. The Balaban J connectivity index is 1.67. The Morgan fingerprint density at radius 2 is 1.70 bits per heavy atom. The zero-order valence-electron chi connectivity index (χ0n) is 21.3. The van der Waals surface area contributed by atoms with Crippen molar-refractivity contribution in [1.82, 2.24) is 5.32 Å². The molecule has 0 aliphatic carbocycles. The SMILES string of the molecule is CCOc1ccc(N(CC(=O)NCCCc2cccc(OC(C)C)c2)S(=O)(=O)c2ccc(F)cc2)cc1. The maximum atomic E-state index is 13.4. The van der Waals surface area contributed by atoms with E-state index in [4.69, 9.17) is 9.47 Å². The average Bonchev–Trinajstić information content (AvgIpc) is 2.86. The highest BCUT2D eigenvalue weighted by Gasteiger charge is 2.27. The Morgan fingerprint density at radius 3 is 2.35 bits per heavy atom. The summed E-state index contributed by atoms with van der Waals surface area (Å²) in [7, 11) is -4.13. The standard InChI is InChI=1S/C28H33FN2O5S/c1-4-35-25-14-12-24(13-15-25)31(37(33,34)27-16-10-23(29)11-17-27)20-28(32)30-18-6-8-22-7-5-9-26(19-22)36-21(2)3/h5,7,9-17,19,21H,4,6,8,18,20H2,1-3H3,(H,30,32). The number of hydrogen-bond acceptors (Lipinski definition) is 5. The maximum Gasteiger partial charge on any atom is 0.264 e. The lowest BCUT2D eigenvalue weighted by Gasteiger charge is -2.24. The number of sulfonamides is 1. The lowest BCUT2D eigenvalue weighted by Crippen LogP contribution is -2.41. The summed E-state index contributed by atoms with van der Waals surface area (Å²) in [6, 6.07) is 18.8. The third-order valence-electron chi connectivity index (χ3n) is 5.36. The molecule has 0 aromatic heterocycles. The van der Waals surface area contributed by atoms with Crippen LogP contribution < -0.4 is 19.1 Å². The first kappa shape index (κ1) is 28.0. The molecule has 9 heteroatoms. The van der Waals surface area contributed by atoms with Gasteiger partial charge in [-0.05, 0) is 99.8 Å². The molecule has 3 aromatic rings. The second kappa shape index (κ2) is 13.1. The number of anilines is 1. The van der Waals surface area contributed by atoms with Crippen LogP contribution in [-0.4, -0.2) is 40.1 Å². The van der Waals surface area contributed by atoms with Gasteiger partial charge in [-0.15, -0.1) is 0 Å². The molecule has 37 heavy (non-hydrogen) atoms. The minimum absolute atomic E-state index is 0.0825. The molecule has 0 fully saturated rings. The van der Waals surface area contributed by atoms with Gasteiger partial charge in [0.25, 0.3) is 10.0 Å². The Hall–Kier alpha value is -3.59. The fraction of sp³-hybridized carbons (Fsp3) is 0.321. The van der Waals surface area contributed by atoms with Crippen molar-refractivity contribution in [3.8, 4) is 11.5 Å². The summed E-state index contributed by atoms with van der Waals surface area (Å²) in [4.78, 5) is 12.7. The Morgan fingerprint density at radius 1 is 1.00 bits per heavy atom. The predicted molar refractivity (Wildman–Crippen MR) is 142 cm³/mol. The molecule has 1 N–H and O–H groups in total. The van der Waals surface area contributed by atoms with Crippen LogP contribution in [0.1, 0.15) is 32.8 Å². The van der Waals surface area contributed by atoms with E-state index in [1.165, 1.54) is 12.1 Å². The third-order valence-corrected chi connectivity index (χ3v) is 7.15. The second-order valence-electron chi connectivity index (χ2n) is 8.66. The van der Waals surface area contributed by atoms with Crippen molar-refractivity contribution in [2.24, 2.45) is 0 Å². The molecule has 0 saturated carbocycles. The van der Waals surface area contributed by atoms with E-state index in [2.05, 4.69) is 5.32 Å². The molecule has 0 spiro atoms. The van der Waals surface area contributed by atoms with E-state index in [9.17, 15) is 17.6 Å². The van der Waals surface area contributed by atoms with Crippen LogP contribution in [0.2, 0.25) is 0 Å². The number of hydrogen-bond donors (Lipinski definition) is 1. The number of amides is 1. The van der Waals surface area contributed by atoms with Crippen LogP contribution in [0.15, 0.2) is 77.7 Å². The molecule has 3 aromatic carbocycles. The van der Waals surface area contributed by atoms with Gasteiger partial charge in [0, 0.05) is 6.54 Å². The normalized spacial score (nSPS) is 11.3. The van der Waals surface area contributed by atoms with Gasteiger partial charge in [-0.1, -0.05) is 12.1 Å². The van der Waals surface area contributed by atoms with Gasteiger partial charge in [0.15, 0.2) is 0 Å². The van der Waals surface area contributed by atoms with Gasteiger partial charge in [-0.2, -0.15) is 0 Å². The van der Waals surface area contributed by atoms with Crippen LogP contribution in [0.4, 0.5) is 10.1 Å². The van der Waals surface area contributed by atoms with Crippen molar-refractivity contribution in [1.29, 1.82) is 0 Å². The molecular weight excluding hydrogens is 495 g/mol. The summed E-state index contributed by atoms with van der Waals surface area (Å²) in [6.45, 7) is 6.20. The summed E-state index contributed by atoms with van der Waals surface area (Å²) in [5.41, 5.74) is 1.38. The first-order chi connectivity index (χ1) is 17.7.